The molecule has 44 heavy (non-hydrogen) atoms. The van der Waals surface area contributed by atoms with Gasteiger partial charge in [0.1, 0.15) is 23.8 Å². The van der Waals surface area contributed by atoms with E-state index in [1.54, 1.807) is 33.8 Å². The summed E-state index contributed by atoms with van der Waals surface area (Å²) < 4.78 is 58.6. The van der Waals surface area contributed by atoms with Crippen LogP contribution in [0.4, 0.5) is 17.6 Å². The van der Waals surface area contributed by atoms with Gasteiger partial charge in [-0.15, -0.1) is 0 Å². The average molecular weight is 616 g/mol. The monoisotopic (exact) mass is 615 g/mol. The molecule has 1 fully saturated rings. The van der Waals surface area contributed by atoms with Crippen molar-refractivity contribution < 1.29 is 32.3 Å². The third-order valence-electron chi connectivity index (χ3n) is 8.02. The van der Waals surface area contributed by atoms with E-state index in [0.29, 0.717) is 40.8 Å². The maximum atomic E-state index is 15.6. The van der Waals surface area contributed by atoms with Gasteiger partial charge in [-0.25, -0.2) is 17.6 Å². The van der Waals surface area contributed by atoms with Crippen LogP contribution in [0.5, 0.6) is 0 Å². The van der Waals surface area contributed by atoms with E-state index in [-0.39, 0.29) is 24.2 Å². The molecule has 1 amide bonds. The summed E-state index contributed by atoms with van der Waals surface area (Å²) >= 11 is 0. The highest BCUT2D eigenvalue weighted by Crippen LogP contribution is 2.34. The molecule has 7 nitrogen and oxygen atoms in total. The molecular formula is C33H37F4N3O4. The number of likely N-dealkylation sites (tertiary alicyclic amines) is 1. The van der Waals surface area contributed by atoms with Gasteiger partial charge in [0.15, 0.2) is 5.82 Å². The number of halogens is 4. The molecule has 0 saturated carbocycles. The van der Waals surface area contributed by atoms with Crippen LogP contribution in [-0.2, 0) is 16.0 Å². The fourth-order valence-corrected chi connectivity index (χ4v) is 5.92. The van der Waals surface area contributed by atoms with E-state index in [0.717, 1.165) is 10.6 Å². The summed E-state index contributed by atoms with van der Waals surface area (Å²) in [5, 5.41) is 12.3. The second-order valence-corrected chi connectivity index (χ2v) is 12.0. The van der Waals surface area contributed by atoms with Crippen molar-refractivity contribution in [2.45, 2.75) is 65.7 Å². The van der Waals surface area contributed by atoms with Crippen LogP contribution >= 0.6 is 0 Å². The van der Waals surface area contributed by atoms with Crippen LogP contribution in [0.1, 0.15) is 60.2 Å². The van der Waals surface area contributed by atoms with Crippen LogP contribution in [0.15, 0.2) is 41.3 Å². The normalized spacial score (nSPS) is 15.2. The molecule has 2 aromatic carbocycles. The smallest absolute Gasteiger partial charge is 0.305 e. The summed E-state index contributed by atoms with van der Waals surface area (Å²) in [6.45, 7) is 9.23. The number of aromatic nitrogens is 1. The average Bonchev–Trinajstić information content (AvgIpc) is 2.89. The van der Waals surface area contributed by atoms with Gasteiger partial charge in [0.2, 0.25) is 5.91 Å². The van der Waals surface area contributed by atoms with Crippen molar-refractivity contribution in [3.8, 4) is 11.1 Å². The van der Waals surface area contributed by atoms with Crippen molar-refractivity contribution in [2.24, 2.45) is 5.92 Å². The number of hydrogen-bond acceptors (Lipinski definition) is 4. The van der Waals surface area contributed by atoms with Gasteiger partial charge < -0.3 is 10.4 Å². The summed E-state index contributed by atoms with van der Waals surface area (Å²) in [6, 6.07) is 4.21. The van der Waals surface area contributed by atoms with E-state index in [1.165, 1.54) is 31.3 Å². The van der Waals surface area contributed by atoms with Crippen molar-refractivity contribution in [2.75, 3.05) is 19.6 Å². The molecule has 236 valence electrons. The first-order valence-electron chi connectivity index (χ1n) is 14.5. The Hall–Kier alpha value is -3.99. The van der Waals surface area contributed by atoms with Crippen LogP contribution in [-0.4, -0.2) is 52.3 Å². The minimum atomic E-state index is -1.34. The molecule has 2 N–H and O–H groups in total. The first-order chi connectivity index (χ1) is 20.7. The molecule has 0 radical (unpaired) electrons. The van der Waals surface area contributed by atoms with Gasteiger partial charge in [-0.2, -0.15) is 0 Å². The van der Waals surface area contributed by atoms with Crippen LogP contribution < -0.4 is 10.9 Å². The number of aliphatic carboxylic acids is 1. The number of benzene rings is 2. The molecule has 1 aliphatic heterocycles. The lowest BCUT2D eigenvalue weighted by Crippen LogP contribution is -2.49. The number of carbonyl (C=O) groups is 2. The number of pyridine rings is 1. The Labute approximate surface area is 253 Å². The molecule has 1 unspecified atom stereocenters. The van der Waals surface area contributed by atoms with Gasteiger partial charge >= 0.3 is 5.97 Å². The zero-order chi connectivity index (χ0) is 32.5. The van der Waals surface area contributed by atoms with Gasteiger partial charge in [0.05, 0.1) is 12.5 Å². The van der Waals surface area contributed by atoms with Crippen molar-refractivity contribution in [1.29, 1.82) is 0 Å². The molecule has 1 aromatic heterocycles. The van der Waals surface area contributed by atoms with Crippen LogP contribution in [0.2, 0.25) is 0 Å². The zero-order valence-corrected chi connectivity index (χ0v) is 25.4. The number of hydrogen-bond donors (Lipinski definition) is 2. The van der Waals surface area contributed by atoms with Crippen LogP contribution in [0.25, 0.3) is 11.1 Å². The number of alkyl halides is 1. The molecule has 11 heteroatoms. The summed E-state index contributed by atoms with van der Waals surface area (Å²) in [4.78, 5) is 40.4. The zero-order valence-electron chi connectivity index (χ0n) is 25.4. The number of nitrogens with one attached hydrogen (secondary N) is 1. The molecule has 4 rings (SSSR count). The third-order valence-corrected chi connectivity index (χ3v) is 8.02. The topological polar surface area (TPSA) is 91.6 Å². The van der Waals surface area contributed by atoms with E-state index in [1.807, 2.05) is 4.90 Å². The first-order valence-corrected chi connectivity index (χ1v) is 14.5. The van der Waals surface area contributed by atoms with Gasteiger partial charge in [-0.1, -0.05) is 13.8 Å². The number of carboxylic acid groups (broad SMARTS) is 1. The van der Waals surface area contributed by atoms with Crippen LogP contribution in [0, 0.1) is 44.1 Å². The quantitative estimate of drug-likeness (QED) is 0.275. The number of carboxylic acids is 1. The Morgan fingerprint density at radius 3 is 2.20 bits per heavy atom. The molecule has 2 heterocycles. The SMILES string of the molecule is Cc1cc(-c2c(C)cc(F)cc2C)cc([C@H](CC(=O)O)NC(=O)C(C(C)C)n2cc(CCN3CC(F)C3)cc(F)c2=O)c1F. The highest BCUT2D eigenvalue weighted by molar-refractivity contribution is 5.82. The Morgan fingerprint density at radius 1 is 1.00 bits per heavy atom. The molecule has 0 aliphatic carbocycles. The standard InChI is InChI=1S/C33H37F4N3O4/c1-17(2)31(40-14-21(11-26(36)33(40)44)6-7-39-15-24(35)16-39)32(43)38-27(13-28(41)42)25-12-22(8-20(5)30(25)37)29-18(3)9-23(34)10-19(29)4/h8-12,14,17,24,27,31H,6-7,13,15-16H2,1-5H3,(H,38,43)(H,41,42)/t27-,31?/m0/s1. The predicted octanol–water partition coefficient (Wildman–Crippen LogP) is 5.58. The molecule has 1 aliphatic rings. The van der Waals surface area contributed by atoms with Crippen molar-refractivity contribution >= 4 is 11.9 Å². The minimum Gasteiger partial charge on any atom is -0.481 e. The number of rotatable bonds is 11. The van der Waals surface area contributed by atoms with Crippen molar-refractivity contribution in [3.05, 3.63) is 92.2 Å². The molecule has 1 saturated heterocycles. The van der Waals surface area contributed by atoms with Gasteiger partial charge in [-0.3, -0.25) is 23.9 Å². The fraction of sp³-hybridized carbons (Fsp3) is 0.424. The van der Waals surface area contributed by atoms with Crippen molar-refractivity contribution in [3.63, 3.8) is 0 Å². The number of carbonyl (C=O) groups excluding carboxylic acids is 1. The third kappa shape index (κ3) is 7.20. The van der Waals surface area contributed by atoms with E-state index < -0.39 is 65.5 Å². The molecule has 0 bridgehead atoms. The second kappa shape index (κ2) is 13.3. The molecule has 0 spiro atoms. The van der Waals surface area contributed by atoms with Gasteiger partial charge in [-0.05, 0) is 96.8 Å². The van der Waals surface area contributed by atoms with Crippen molar-refractivity contribution in [1.82, 2.24) is 14.8 Å². The maximum Gasteiger partial charge on any atom is 0.305 e. The summed E-state index contributed by atoms with van der Waals surface area (Å²) in [7, 11) is 0. The highest BCUT2D eigenvalue weighted by atomic mass is 19.1. The molecular weight excluding hydrogens is 578 g/mol. The largest absolute Gasteiger partial charge is 0.481 e. The lowest BCUT2D eigenvalue weighted by Gasteiger charge is -2.34. The molecule has 3 aromatic rings. The van der Waals surface area contributed by atoms with Crippen LogP contribution in [0.3, 0.4) is 0 Å². The Kier molecular flexibility index (Phi) is 9.98. The Balaban J connectivity index is 1.71. The first kappa shape index (κ1) is 32.9. The number of nitrogens with zero attached hydrogens (tertiary/aromatic N) is 2. The highest BCUT2D eigenvalue weighted by Gasteiger charge is 2.31. The minimum absolute atomic E-state index is 0.0885. The Morgan fingerprint density at radius 2 is 1.64 bits per heavy atom. The van der Waals surface area contributed by atoms with E-state index in [9.17, 15) is 32.7 Å². The van der Waals surface area contributed by atoms with Gasteiger partial charge in [0, 0.05) is 31.4 Å². The fourth-order valence-electron chi connectivity index (χ4n) is 5.92. The lowest BCUT2D eigenvalue weighted by atomic mass is 9.90. The van der Waals surface area contributed by atoms with E-state index >= 15 is 4.39 Å². The van der Waals surface area contributed by atoms with Gasteiger partial charge in [0.25, 0.3) is 5.56 Å². The Bertz CT molecular complexity index is 1610. The molecule has 2 atom stereocenters. The lowest BCUT2D eigenvalue weighted by molar-refractivity contribution is -0.138. The summed E-state index contributed by atoms with van der Waals surface area (Å²) in [5.41, 5.74) is 1.87. The predicted molar refractivity (Wildman–Crippen MR) is 159 cm³/mol. The number of amides is 1. The summed E-state index contributed by atoms with van der Waals surface area (Å²) in [5.74, 6) is -4.84. The van der Waals surface area contributed by atoms with E-state index in [4.69, 9.17) is 0 Å². The number of aryl methyl sites for hydroxylation is 3. The summed E-state index contributed by atoms with van der Waals surface area (Å²) in [6.07, 6.45) is 0.135. The maximum absolute atomic E-state index is 15.6. The van der Waals surface area contributed by atoms with E-state index in [2.05, 4.69) is 5.32 Å². The second-order valence-electron chi connectivity index (χ2n) is 12.0.